The van der Waals surface area contributed by atoms with E-state index in [4.69, 9.17) is 11.6 Å². The Kier molecular flexibility index (Phi) is 4.55. The number of rotatable bonds is 3. The molecule has 1 aromatic heterocycles. The second-order valence-electron chi connectivity index (χ2n) is 6.12. The van der Waals surface area contributed by atoms with Crippen molar-refractivity contribution in [2.24, 2.45) is 7.05 Å². The van der Waals surface area contributed by atoms with Gasteiger partial charge in [-0.1, -0.05) is 17.7 Å². The summed E-state index contributed by atoms with van der Waals surface area (Å²) < 4.78 is 16.4. The van der Waals surface area contributed by atoms with Crippen molar-refractivity contribution in [1.82, 2.24) is 19.2 Å². The SMILES string of the molecule is CN(Cc1ccc(F)c(Cl)c1)C1CCc2nn(C)c(=O)n2CC1. The summed E-state index contributed by atoms with van der Waals surface area (Å²) in [7, 11) is 3.74. The van der Waals surface area contributed by atoms with E-state index in [9.17, 15) is 9.18 Å². The third-order valence-electron chi connectivity index (χ3n) is 4.51. The second kappa shape index (κ2) is 6.45. The van der Waals surface area contributed by atoms with Crippen LogP contribution in [-0.4, -0.2) is 32.3 Å². The Hall–Kier alpha value is -1.66. The fourth-order valence-electron chi connectivity index (χ4n) is 3.18. The molecule has 1 aliphatic heterocycles. The van der Waals surface area contributed by atoms with Gasteiger partial charge in [-0.15, -0.1) is 0 Å². The molecule has 0 bridgehead atoms. The molecule has 0 fully saturated rings. The first-order valence-electron chi connectivity index (χ1n) is 7.72. The summed E-state index contributed by atoms with van der Waals surface area (Å²) in [5, 5.41) is 4.45. The van der Waals surface area contributed by atoms with E-state index in [-0.39, 0.29) is 10.7 Å². The zero-order chi connectivity index (χ0) is 16.6. The highest BCUT2D eigenvalue weighted by Gasteiger charge is 2.22. The van der Waals surface area contributed by atoms with Crippen molar-refractivity contribution in [3.8, 4) is 0 Å². The number of halogens is 2. The summed E-state index contributed by atoms with van der Waals surface area (Å²) in [5.41, 5.74) is 0.936. The molecule has 1 atom stereocenters. The van der Waals surface area contributed by atoms with E-state index in [1.807, 2.05) is 7.05 Å². The van der Waals surface area contributed by atoms with Gasteiger partial charge in [0, 0.05) is 32.6 Å². The lowest BCUT2D eigenvalue weighted by molar-refractivity contribution is 0.210. The molecular formula is C16H20ClFN4O. The Morgan fingerprint density at radius 3 is 2.96 bits per heavy atom. The minimum Gasteiger partial charge on any atom is -0.299 e. The van der Waals surface area contributed by atoms with E-state index in [2.05, 4.69) is 10.00 Å². The monoisotopic (exact) mass is 338 g/mol. The van der Waals surface area contributed by atoms with Crippen LogP contribution in [0.3, 0.4) is 0 Å². The lowest BCUT2D eigenvalue weighted by Crippen LogP contribution is -2.32. The van der Waals surface area contributed by atoms with Crippen LogP contribution < -0.4 is 5.69 Å². The number of benzene rings is 1. The molecule has 0 amide bonds. The van der Waals surface area contributed by atoms with Gasteiger partial charge in [0.1, 0.15) is 11.6 Å². The number of aryl methyl sites for hydroxylation is 2. The van der Waals surface area contributed by atoms with E-state index < -0.39 is 5.82 Å². The lowest BCUT2D eigenvalue weighted by atomic mass is 10.1. The maximum absolute atomic E-state index is 13.2. The topological polar surface area (TPSA) is 43.1 Å². The summed E-state index contributed by atoms with van der Waals surface area (Å²) >= 11 is 5.85. The minimum absolute atomic E-state index is 0.0476. The van der Waals surface area contributed by atoms with E-state index in [1.54, 1.807) is 23.7 Å². The van der Waals surface area contributed by atoms with Crippen molar-refractivity contribution >= 4 is 11.6 Å². The standard InChI is InChI=1S/C16H20ClFN4O/c1-20(10-11-3-5-14(18)13(17)9-11)12-4-6-15-19-21(2)16(23)22(15)8-7-12/h3,5,9,12H,4,6-8,10H2,1-2H3. The van der Waals surface area contributed by atoms with Gasteiger partial charge in [-0.25, -0.2) is 13.9 Å². The lowest BCUT2D eigenvalue weighted by Gasteiger charge is -2.27. The summed E-state index contributed by atoms with van der Waals surface area (Å²) in [4.78, 5) is 14.2. The zero-order valence-corrected chi connectivity index (χ0v) is 14.1. The highest BCUT2D eigenvalue weighted by atomic mass is 35.5. The number of fused-ring (bicyclic) bond motifs is 1. The van der Waals surface area contributed by atoms with Gasteiger partial charge in [-0.3, -0.25) is 9.47 Å². The number of nitrogens with zero attached hydrogens (tertiary/aromatic N) is 4. The first kappa shape index (κ1) is 16.2. The molecule has 0 saturated carbocycles. The molecule has 5 nitrogen and oxygen atoms in total. The Balaban J connectivity index is 1.68. The van der Waals surface area contributed by atoms with Crippen LogP contribution in [0.1, 0.15) is 24.2 Å². The molecule has 7 heteroatoms. The number of hydrogen-bond acceptors (Lipinski definition) is 3. The quantitative estimate of drug-likeness (QED) is 0.861. The van der Waals surface area contributed by atoms with Gasteiger partial charge in [-0.05, 0) is 37.6 Å². The Morgan fingerprint density at radius 1 is 1.43 bits per heavy atom. The van der Waals surface area contributed by atoms with Gasteiger partial charge >= 0.3 is 5.69 Å². The van der Waals surface area contributed by atoms with Crippen molar-refractivity contribution in [2.75, 3.05) is 7.05 Å². The van der Waals surface area contributed by atoms with Crippen LogP contribution in [0.5, 0.6) is 0 Å². The molecule has 0 N–H and O–H groups in total. The normalized spacial score (nSPS) is 18.0. The molecule has 0 spiro atoms. The highest BCUT2D eigenvalue weighted by molar-refractivity contribution is 6.30. The molecule has 0 radical (unpaired) electrons. The van der Waals surface area contributed by atoms with Gasteiger partial charge in [0.2, 0.25) is 0 Å². The fraction of sp³-hybridized carbons (Fsp3) is 0.500. The minimum atomic E-state index is -0.395. The van der Waals surface area contributed by atoms with Crippen molar-refractivity contribution in [3.63, 3.8) is 0 Å². The van der Waals surface area contributed by atoms with Crippen LogP contribution in [0.2, 0.25) is 5.02 Å². The first-order valence-corrected chi connectivity index (χ1v) is 8.10. The predicted octanol–water partition coefficient (Wildman–Crippen LogP) is 2.21. The molecular weight excluding hydrogens is 319 g/mol. The van der Waals surface area contributed by atoms with Crippen LogP contribution in [0.4, 0.5) is 4.39 Å². The summed E-state index contributed by atoms with van der Waals surface area (Å²) in [5.74, 6) is 0.465. The molecule has 3 rings (SSSR count). The number of hydrogen-bond donors (Lipinski definition) is 0. The third-order valence-corrected chi connectivity index (χ3v) is 4.80. The summed E-state index contributed by atoms with van der Waals surface area (Å²) in [6.07, 6.45) is 2.63. The molecule has 1 aromatic carbocycles. The third kappa shape index (κ3) is 3.33. The summed E-state index contributed by atoms with van der Waals surface area (Å²) in [6.45, 7) is 1.38. The van der Waals surface area contributed by atoms with Gasteiger partial charge in [0.05, 0.1) is 5.02 Å². The van der Waals surface area contributed by atoms with Crippen molar-refractivity contribution in [1.29, 1.82) is 0 Å². The average molecular weight is 339 g/mol. The molecule has 124 valence electrons. The van der Waals surface area contributed by atoms with Crippen molar-refractivity contribution < 1.29 is 4.39 Å². The van der Waals surface area contributed by atoms with Gasteiger partial charge < -0.3 is 0 Å². The van der Waals surface area contributed by atoms with Crippen molar-refractivity contribution in [3.05, 3.63) is 50.9 Å². The molecule has 1 unspecified atom stereocenters. The van der Waals surface area contributed by atoms with Crippen LogP contribution >= 0.6 is 11.6 Å². The smallest absolute Gasteiger partial charge is 0.299 e. The molecule has 2 aromatic rings. The van der Waals surface area contributed by atoms with Crippen LogP contribution in [-0.2, 0) is 26.6 Å². The molecule has 0 saturated heterocycles. The van der Waals surface area contributed by atoms with Crippen LogP contribution in [0.25, 0.3) is 0 Å². The predicted molar refractivity (Wildman–Crippen MR) is 87.1 cm³/mol. The Bertz CT molecular complexity index is 770. The molecule has 1 aliphatic rings. The zero-order valence-electron chi connectivity index (χ0n) is 13.3. The van der Waals surface area contributed by atoms with Crippen LogP contribution in [0.15, 0.2) is 23.0 Å². The van der Waals surface area contributed by atoms with E-state index in [1.165, 1.54) is 10.7 Å². The molecule has 2 heterocycles. The fourth-order valence-corrected chi connectivity index (χ4v) is 3.38. The van der Waals surface area contributed by atoms with Crippen LogP contribution in [0, 0.1) is 5.82 Å². The highest BCUT2D eigenvalue weighted by Crippen LogP contribution is 2.21. The van der Waals surface area contributed by atoms with E-state index in [0.717, 1.165) is 30.7 Å². The maximum atomic E-state index is 13.2. The largest absolute Gasteiger partial charge is 0.345 e. The van der Waals surface area contributed by atoms with Gasteiger partial charge in [0.15, 0.2) is 0 Å². The van der Waals surface area contributed by atoms with E-state index >= 15 is 0 Å². The van der Waals surface area contributed by atoms with Gasteiger partial charge in [0.25, 0.3) is 0 Å². The molecule has 23 heavy (non-hydrogen) atoms. The second-order valence-corrected chi connectivity index (χ2v) is 6.53. The van der Waals surface area contributed by atoms with Crippen molar-refractivity contribution in [2.45, 2.75) is 38.4 Å². The Morgan fingerprint density at radius 2 is 2.22 bits per heavy atom. The number of aromatic nitrogens is 3. The average Bonchev–Trinajstić information content (AvgIpc) is 2.68. The first-order chi connectivity index (χ1) is 11.0. The maximum Gasteiger partial charge on any atom is 0.345 e. The Labute approximate surface area is 139 Å². The summed E-state index contributed by atoms with van der Waals surface area (Å²) in [6, 6.07) is 5.18. The van der Waals surface area contributed by atoms with E-state index in [0.29, 0.717) is 19.1 Å². The molecule has 0 aliphatic carbocycles. The van der Waals surface area contributed by atoms with Gasteiger partial charge in [-0.2, -0.15) is 5.10 Å².